The number of anilines is 1. The van der Waals surface area contributed by atoms with Crippen molar-refractivity contribution in [1.29, 1.82) is 0 Å². The first-order valence-corrected chi connectivity index (χ1v) is 14.4. The second kappa shape index (κ2) is 14.5. The summed E-state index contributed by atoms with van der Waals surface area (Å²) < 4.78 is 37.9. The van der Waals surface area contributed by atoms with E-state index < -0.39 is 24.2 Å². The van der Waals surface area contributed by atoms with Crippen molar-refractivity contribution in [3.63, 3.8) is 0 Å². The van der Waals surface area contributed by atoms with E-state index in [-0.39, 0.29) is 28.9 Å². The van der Waals surface area contributed by atoms with Gasteiger partial charge < -0.3 is 28.5 Å². The number of aromatic nitrogens is 1. The SMILES string of the molecule is COc1cc(/C=N/NC(=O)c2ccc(COc3ccc(-n4c(C)ccc4C)cc3)o2)cc(Cl)c1OCC(=O)Nc1cccc(F)c1. The van der Waals surface area contributed by atoms with Crippen molar-refractivity contribution >= 4 is 35.3 Å². The number of hydrogen-bond acceptors (Lipinski definition) is 7. The lowest BCUT2D eigenvalue weighted by Gasteiger charge is -2.13. The number of methoxy groups -OCH3 is 1. The molecule has 0 saturated carbocycles. The number of furan rings is 1. The maximum Gasteiger partial charge on any atom is 0.307 e. The summed E-state index contributed by atoms with van der Waals surface area (Å²) in [6.45, 7) is 3.85. The number of rotatable bonds is 12. The second-order valence-electron chi connectivity index (χ2n) is 10.1. The maximum absolute atomic E-state index is 13.4. The third kappa shape index (κ3) is 7.93. The highest BCUT2D eigenvalue weighted by molar-refractivity contribution is 6.32. The minimum atomic E-state index is -0.563. The summed E-state index contributed by atoms with van der Waals surface area (Å²) >= 11 is 6.37. The summed E-state index contributed by atoms with van der Waals surface area (Å²) in [5, 5.41) is 6.65. The van der Waals surface area contributed by atoms with Gasteiger partial charge in [-0.05, 0) is 98.3 Å². The Morgan fingerprint density at radius 3 is 2.46 bits per heavy atom. The van der Waals surface area contributed by atoms with Crippen molar-refractivity contribution in [3.05, 3.63) is 124 Å². The third-order valence-electron chi connectivity index (χ3n) is 6.72. The Labute approximate surface area is 269 Å². The molecule has 2 amide bonds. The molecule has 0 fully saturated rings. The van der Waals surface area contributed by atoms with Gasteiger partial charge in [0.2, 0.25) is 0 Å². The van der Waals surface area contributed by atoms with Crippen molar-refractivity contribution in [2.24, 2.45) is 5.10 Å². The number of hydrogen-bond donors (Lipinski definition) is 2. The van der Waals surface area contributed by atoms with E-state index in [0.717, 1.165) is 17.1 Å². The number of hydrazone groups is 1. The Bertz CT molecular complexity index is 1860. The number of aryl methyl sites for hydroxylation is 2. The van der Waals surface area contributed by atoms with Crippen LogP contribution in [0.3, 0.4) is 0 Å². The molecule has 2 heterocycles. The number of carbonyl (C=O) groups excluding carboxylic acids is 2. The van der Waals surface area contributed by atoms with Gasteiger partial charge in [-0.1, -0.05) is 17.7 Å². The number of ether oxygens (including phenoxy) is 3. The van der Waals surface area contributed by atoms with Crippen LogP contribution in [-0.4, -0.2) is 36.3 Å². The van der Waals surface area contributed by atoms with Gasteiger partial charge >= 0.3 is 5.91 Å². The molecule has 3 aromatic carbocycles. The molecule has 0 spiro atoms. The molecule has 236 valence electrons. The van der Waals surface area contributed by atoms with Gasteiger partial charge in [-0.15, -0.1) is 0 Å². The van der Waals surface area contributed by atoms with Crippen molar-refractivity contribution < 1.29 is 32.6 Å². The topological polar surface area (TPSA) is 116 Å². The van der Waals surface area contributed by atoms with Gasteiger partial charge in [0.15, 0.2) is 23.9 Å². The first kappa shape index (κ1) is 31.9. The highest BCUT2D eigenvalue weighted by Crippen LogP contribution is 2.36. The molecule has 0 atom stereocenters. The van der Waals surface area contributed by atoms with Crippen LogP contribution >= 0.6 is 11.6 Å². The summed E-state index contributed by atoms with van der Waals surface area (Å²) in [5.41, 5.74) is 6.51. The van der Waals surface area contributed by atoms with E-state index in [1.54, 1.807) is 18.2 Å². The molecule has 0 aliphatic heterocycles. The van der Waals surface area contributed by atoms with Crippen LogP contribution in [0.15, 0.2) is 94.4 Å². The first-order chi connectivity index (χ1) is 22.2. The summed E-state index contributed by atoms with van der Waals surface area (Å²) in [7, 11) is 1.41. The molecule has 0 saturated heterocycles. The summed E-state index contributed by atoms with van der Waals surface area (Å²) in [4.78, 5) is 24.8. The van der Waals surface area contributed by atoms with Gasteiger partial charge in [0, 0.05) is 22.8 Å². The predicted octanol–water partition coefficient (Wildman–Crippen LogP) is 6.85. The number of amides is 2. The van der Waals surface area contributed by atoms with E-state index in [0.29, 0.717) is 22.8 Å². The standard InChI is InChI=1S/C34H30ClFN4O6/c1-21-7-8-22(2)40(21)26-9-11-27(12-10-26)44-19-28-13-14-30(46-28)34(42)39-37-18-23-15-29(35)33(31(16-23)43-3)45-20-32(41)38-25-6-4-5-24(36)17-25/h4-18H,19-20H2,1-3H3,(H,38,41)(H,39,42)/b37-18+. The number of carbonyl (C=O) groups is 2. The molecule has 12 heteroatoms. The fourth-order valence-electron chi connectivity index (χ4n) is 4.58. The van der Waals surface area contributed by atoms with E-state index in [4.69, 9.17) is 30.2 Å². The third-order valence-corrected chi connectivity index (χ3v) is 7.00. The van der Waals surface area contributed by atoms with Crippen molar-refractivity contribution in [2.45, 2.75) is 20.5 Å². The predicted molar refractivity (Wildman–Crippen MR) is 172 cm³/mol. The van der Waals surface area contributed by atoms with Crippen LogP contribution in [0.25, 0.3) is 5.69 Å². The van der Waals surface area contributed by atoms with Gasteiger partial charge in [0.25, 0.3) is 5.91 Å². The molecule has 0 aliphatic carbocycles. The van der Waals surface area contributed by atoms with Crippen LogP contribution in [0.4, 0.5) is 10.1 Å². The van der Waals surface area contributed by atoms with E-state index in [1.807, 2.05) is 24.3 Å². The summed E-state index contributed by atoms with van der Waals surface area (Å²) in [6, 6.07) is 23.6. The smallest absolute Gasteiger partial charge is 0.307 e. The van der Waals surface area contributed by atoms with Crippen molar-refractivity contribution in [1.82, 2.24) is 9.99 Å². The largest absolute Gasteiger partial charge is 0.493 e. The van der Waals surface area contributed by atoms with Crippen molar-refractivity contribution in [3.8, 4) is 22.9 Å². The van der Waals surface area contributed by atoms with E-state index in [2.05, 4.69) is 46.4 Å². The number of nitrogens with one attached hydrogen (secondary N) is 2. The molecule has 0 aliphatic rings. The van der Waals surface area contributed by atoms with Gasteiger partial charge in [0.05, 0.1) is 18.3 Å². The van der Waals surface area contributed by atoms with Crippen molar-refractivity contribution in [2.75, 3.05) is 19.0 Å². The Hall–Kier alpha value is -5.55. The molecule has 2 N–H and O–H groups in total. The van der Waals surface area contributed by atoms with Crippen LogP contribution in [-0.2, 0) is 11.4 Å². The lowest BCUT2D eigenvalue weighted by Crippen LogP contribution is -2.20. The maximum atomic E-state index is 13.4. The van der Waals surface area contributed by atoms with Crippen LogP contribution in [0.1, 0.15) is 33.3 Å². The minimum absolute atomic E-state index is 0.0561. The van der Waals surface area contributed by atoms with Gasteiger partial charge in [-0.2, -0.15) is 5.10 Å². The summed E-state index contributed by atoms with van der Waals surface area (Å²) in [6.07, 6.45) is 1.36. The van der Waals surface area contributed by atoms with E-state index in [1.165, 1.54) is 43.7 Å². The van der Waals surface area contributed by atoms with Gasteiger partial charge in [0.1, 0.15) is 23.9 Å². The van der Waals surface area contributed by atoms with Crippen LogP contribution in [0.5, 0.6) is 17.2 Å². The van der Waals surface area contributed by atoms with Gasteiger partial charge in [-0.3, -0.25) is 9.59 Å². The second-order valence-corrected chi connectivity index (χ2v) is 10.5. The fraction of sp³-hybridized carbons (Fsp3) is 0.147. The van der Waals surface area contributed by atoms with Crippen LogP contribution in [0.2, 0.25) is 5.02 Å². The molecule has 0 bridgehead atoms. The van der Waals surface area contributed by atoms with Crippen LogP contribution in [0, 0.1) is 19.7 Å². The Balaban J connectivity index is 1.12. The Morgan fingerprint density at radius 1 is 0.978 bits per heavy atom. The molecular weight excluding hydrogens is 615 g/mol. The average Bonchev–Trinajstić information content (AvgIpc) is 3.65. The zero-order chi connectivity index (χ0) is 32.6. The first-order valence-electron chi connectivity index (χ1n) is 14.1. The minimum Gasteiger partial charge on any atom is -0.493 e. The fourth-order valence-corrected chi connectivity index (χ4v) is 4.85. The monoisotopic (exact) mass is 644 g/mol. The lowest BCUT2D eigenvalue weighted by molar-refractivity contribution is -0.118. The summed E-state index contributed by atoms with van der Waals surface area (Å²) in [5.74, 6) is -0.00860. The molecule has 0 unspecified atom stereocenters. The highest BCUT2D eigenvalue weighted by Gasteiger charge is 2.15. The number of nitrogens with zero attached hydrogens (tertiary/aromatic N) is 2. The average molecular weight is 645 g/mol. The van der Waals surface area contributed by atoms with Gasteiger partial charge in [-0.25, -0.2) is 9.82 Å². The number of benzene rings is 3. The molecular formula is C34H30ClFN4O6. The number of halogens is 2. The molecule has 0 radical (unpaired) electrons. The quantitative estimate of drug-likeness (QED) is 0.113. The Kier molecular flexibility index (Phi) is 10.0. The van der Waals surface area contributed by atoms with E-state index >= 15 is 0 Å². The highest BCUT2D eigenvalue weighted by atomic mass is 35.5. The Morgan fingerprint density at radius 2 is 1.74 bits per heavy atom. The molecule has 5 rings (SSSR count). The normalized spacial score (nSPS) is 11.0. The van der Waals surface area contributed by atoms with Crippen LogP contribution < -0.4 is 25.0 Å². The van der Waals surface area contributed by atoms with E-state index in [9.17, 15) is 14.0 Å². The lowest BCUT2D eigenvalue weighted by atomic mass is 10.2. The molecule has 46 heavy (non-hydrogen) atoms. The zero-order valence-electron chi connectivity index (χ0n) is 25.2. The molecule has 2 aromatic heterocycles. The molecule has 10 nitrogen and oxygen atoms in total. The zero-order valence-corrected chi connectivity index (χ0v) is 25.9. The molecule has 5 aromatic rings.